The Hall–Kier alpha value is -3.99. The molecule has 2 N–H and O–H groups in total. The van der Waals surface area contributed by atoms with Crippen molar-refractivity contribution in [3.8, 4) is 0 Å². The molecule has 0 aromatic heterocycles. The number of halogens is 1. The Labute approximate surface area is 445 Å². The zero-order valence-corrected chi connectivity index (χ0v) is 47.9. The molecule has 0 bridgehead atoms. The van der Waals surface area contributed by atoms with E-state index in [-0.39, 0.29) is 108 Å². The van der Waals surface area contributed by atoms with Gasteiger partial charge < -0.3 is 34.6 Å². The maximum absolute atomic E-state index is 14.8. The monoisotopic (exact) mass is 1080 g/mol. The van der Waals surface area contributed by atoms with E-state index in [9.17, 15) is 47.9 Å². The van der Waals surface area contributed by atoms with Crippen LogP contribution in [0.15, 0.2) is 24.3 Å². The number of aliphatic carboxylic acids is 1. The molecule has 416 valence electrons. The number of amides is 6. The number of unbranched alkanes of at least 4 members (excludes halogenated alkanes) is 2. The first-order valence-electron chi connectivity index (χ1n) is 26.8. The average molecular weight is 1080 g/mol. The molecule has 19 heteroatoms. The standard InChI is InChI=1S/C55H87FN5O11PS/c1-13-34(6)50(44(71-10)30-48(65)61-41-27-37(41)28-42(61)51(72-11)35(7)52(66)57-40(55(69)70)26-36-20-16-17-21-39(36)56)59(9)53(67)38(32(2)3)29-43(62)49(33(4)5)58(8)46(63)22-15-14-18-23-60-47(64)31-45(54(60)68)74-25-19-24-73-12/h16-17,20-21,32-35,37-38,40-42,44-45,49-51,73H,13-15,18-19,22-31H2,1-12H3,(H,57,66)(H,69,70)/t34-,35+,37-,38-,40-,41-,42-,44+,45?,49-,50-,51+/m0/s1. The molecule has 1 aromatic carbocycles. The molecule has 2 unspecified atom stereocenters. The maximum atomic E-state index is 14.8. The number of nitrogens with zero attached hydrogens (tertiary/aromatic N) is 4. The van der Waals surface area contributed by atoms with Gasteiger partial charge in [-0.05, 0) is 86.0 Å². The summed E-state index contributed by atoms with van der Waals surface area (Å²) in [7, 11) is 7.17. The molecule has 74 heavy (non-hydrogen) atoms. The number of ketones is 1. The number of carboxylic acids is 1. The van der Waals surface area contributed by atoms with Gasteiger partial charge in [0.05, 0.1) is 47.9 Å². The molecule has 3 fully saturated rings. The van der Waals surface area contributed by atoms with E-state index in [1.54, 1.807) is 48.6 Å². The number of hydrogen-bond acceptors (Lipinski definition) is 11. The third kappa shape index (κ3) is 16.3. The Balaban J connectivity index is 1.39. The number of benzene rings is 1. The van der Waals surface area contributed by atoms with E-state index < -0.39 is 65.9 Å². The zero-order chi connectivity index (χ0) is 55.1. The van der Waals surface area contributed by atoms with E-state index in [1.807, 2.05) is 41.5 Å². The van der Waals surface area contributed by atoms with E-state index in [0.29, 0.717) is 38.6 Å². The molecule has 6 amide bonds. The van der Waals surface area contributed by atoms with Crippen molar-refractivity contribution in [3.05, 3.63) is 35.6 Å². The topological polar surface area (TPSA) is 200 Å². The van der Waals surface area contributed by atoms with Crippen molar-refractivity contribution in [1.82, 2.24) is 24.9 Å². The Morgan fingerprint density at radius 1 is 0.919 bits per heavy atom. The van der Waals surface area contributed by atoms with Crippen molar-refractivity contribution in [3.63, 3.8) is 0 Å². The summed E-state index contributed by atoms with van der Waals surface area (Å²) in [4.78, 5) is 115. The van der Waals surface area contributed by atoms with Gasteiger partial charge in [0.15, 0.2) is 5.78 Å². The number of fused-ring (bicyclic) bond motifs is 1. The molecule has 2 aliphatic heterocycles. The number of hydrogen-bond donors (Lipinski definition) is 2. The largest absolute Gasteiger partial charge is 0.480 e. The number of ether oxygens (including phenoxy) is 2. The summed E-state index contributed by atoms with van der Waals surface area (Å²) < 4.78 is 26.5. The molecular formula is C55H87FN5O11PS. The smallest absolute Gasteiger partial charge is 0.326 e. The first kappa shape index (κ1) is 62.5. The van der Waals surface area contributed by atoms with Crippen LogP contribution < -0.4 is 5.32 Å². The first-order chi connectivity index (χ1) is 35.0. The minimum absolute atomic E-state index is 0.0708. The Kier molecular flexibility index (Phi) is 24.9. The van der Waals surface area contributed by atoms with Crippen LogP contribution in [0.5, 0.6) is 0 Å². The summed E-state index contributed by atoms with van der Waals surface area (Å²) >= 11 is 1.57. The molecular weight excluding hydrogens is 989 g/mol. The minimum atomic E-state index is -1.40. The van der Waals surface area contributed by atoms with Crippen LogP contribution >= 0.6 is 20.3 Å². The van der Waals surface area contributed by atoms with Crippen LogP contribution in [-0.2, 0) is 54.3 Å². The van der Waals surface area contributed by atoms with E-state index in [4.69, 9.17) is 9.47 Å². The van der Waals surface area contributed by atoms with Gasteiger partial charge in [-0.1, -0.05) is 79.5 Å². The lowest BCUT2D eigenvalue weighted by Gasteiger charge is -2.41. The van der Waals surface area contributed by atoms with E-state index in [0.717, 1.165) is 33.3 Å². The highest BCUT2D eigenvalue weighted by molar-refractivity contribution is 8.00. The zero-order valence-electron chi connectivity index (χ0n) is 46.1. The highest BCUT2D eigenvalue weighted by Gasteiger charge is 2.57. The molecule has 1 saturated carbocycles. The Bertz CT molecular complexity index is 2100. The Morgan fingerprint density at radius 3 is 2.20 bits per heavy atom. The second-order valence-electron chi connectivity index (χ2n) is 21.6. The van der Waals surface area contributed by atoms with Crippen molar-refractivity contribution in [2.45, 2.75) is 173 Å². The number of carbonyl (C=O) groups excluding carboxylic acids is 7. The highest BCUT2D eigenvalue weighted by Crippen LogP contribution is 2.50. The number of imide groups is 1. The van der Waals surface area contributed by atoms with Crippen LogP contribution in [0, 0.1) is 41.3 Å². The van der Waals surface area contributed by atoms with E-state index in [2.05, 4.69) is 12.0 Å². The van der Waals surface area contributed by atoms with Crippen LogP contribution in [0.2, 0.25) is 0 Å². The van der Waals surface area contributed by atoms with E-state index in [1.165, 1.54) is 42.2 Å². The van der Waals surface area contributed by atoms with Gasteiger partial charge in [0, 0.05) is 72.5 Å². The van der Waals surface area contributed by atoms with Crippen LogP contribution in [0.4, 0.5) is 4.39 Å². The number of nitrogens with one attached hydrogen (secondary N) is 1. The number of thioether (sulfide) groups is 1. The van der Waals surface area contributed by atoms with Crippen molar-refractivity contribution < 1.29 is 57.3 Å². The number of likely N-dealkylation sites (tertiary alicyclic amines) is 2. The van der Waals surface area contributed by atoms with Gasteiger partial charge in [0.1, 0.15) is 11.9 Å². The van der Waals surface area contributed by atoms with Crippen LogP contribution in [0.25, 0.3) is 0 Å². The fourth-order valence-corrected chi connectivity index (χ4v) is 13.1. The van der Waals surface area contributed by atoms with Crippen molar-refractivity contribution in [2.24, 2.45) is 35.5 Å². The third-order valence-electron chi connectivity index (χ3n) is 15.7. The van der Waals surface area contributed by atoms with Crippen molar-refractivity contribution >= 4 is 67.5 Å². The predicted molar refractivity (Wildman–Crippen MR) is 287 cm³/mol. The minimum Gasteiger partial charge on any atom is -0.480 e. The summed E-state index contributed by atoms with van der Waals surface area (Å²) in [6, 6.07) is 2.49. The fraction of sp³-hybridized carbons (Fsp3) is 0.745. The predicted octanol–water partition coefficient (Wildman–Crippen LogP) is 6.69. The summed E-state index contributed by atoms with van der Waals surface area (Å²) in [5.74, 6) is -4.81. The van der Waals surface area contributed by atoms with Gasteiger partial charge in [-0.3, -0.25) is 38.5 Å². The third-order valence-corrected chi connectivity index (χ3v) is 17.9. The lowest BCUT2D eigenvalue weighted by atomic mass is 9.83. The quantitative estimate of drug-likeness (QED) is 0.0430. The molecule has 1 aromatic rings. The molecule has 1 aliphatic carbocycles. The second kappa shape index (κ2) is 29.5. The number of piperidine rings is 1. The average Bonchev–Trinajstić information content (AvgIpc) is 3.93. The molecule has 2 heterocycles. The van der Waals surface area contributed by atoms with Gasteiger partial charge in [-0.2, -0.15) is 0 Å². The summed E-state index contributed by atoms with van der Waals surface area (Å²) in [6.45, 7) is 15.7. The van der Waals surface area contributed by atoms with Gasteiger partial charge in [-0.15, -0.1) is 20.3 Å². The normalized spacial score (nSPS) is 21.8. The number of carbonyl (C=O) groups is 8. The number of Topliss-reactive ketones (excluding diaryl/α,β-unsaturated/α-hetero) is 1. The van der Waals surface area contributed by atoms with Crippen LogP contribution in [-0.4, -0.2) is 173 Å². The number of carboxylic acid groups (broad SMARTS) is 1. The lowest BCUT2D eigenvalue weighted by molar-refractivity contribution is -0.150. The summed E-state index contributed by atoms with van der Waals surface area (Å²) in [5.41, 5.74) is 0.152. The van der Waals surface area contributed by atoms with Gasteiger partial charge in [-0.25, -0.2) is 9.18 Å². The number of likely N-dealkylation sites (N-methyl/N-ethyl adjacent to an activating group) is 2. The summed E-state index contributed by atoms with van der Waals surface area (Å²) in [5, 5.41) is 12.2. The maximum Gasteiger partial charge on any atom is 0.326 e. The highest BCUT2D eigenvalue weighted by atomic mass is 32.2. The molecule has 4 rings (SSSR count). The molecule has 0 spiro atoms. The van der Waals surface area contributed by atoms with Gasteiger partial charge in [0.2, 0.25) is 35.4 Å². The van der Waals surface area contributed by atoms with Crippen molar-refractivity contribution in [1.29, 1.82) is 0 Å². The van der Waals surface area contributed by atoms with Crippen LogP contribution in [0.3, 0.4) is 0 Å². The summed E-state index contributed by atoms with van der Waals surface area (Å²) in [6.07, 6.45) is 4.41. The van der Waals surface area contributed by atoms with Crippen LogP contribution in [0.1, 0.15) is 125 Å². The SMILES string of the molecule is CC[C@H](C)[C@@H]([C@@H](CC(=O)N1[C@H]2C[C@H]2C[C@H]1[C@H](OC)[C@@H](C)C(=O)N[C@@H](Cc1ccccc1F)C(=O)O)OC)N(C)C(=O)[C@@H](CC(=O)[C@H](C(C)C)N(C)C(=O)CCCCCN1C(=O)CC(SCCCPC)C1=O)C(C)C. The molecule has 0 radical (unpaired) electrons. The molecule has 3 aliphatic rings. The molecule has 16 nitrogen and oxygen atoms in total. The van der Waals surface area contributed by atoms with Gasteiger partial charge in [0.25, 0.3) is 0 Å². The van der Waals surface area contributed by atoms with Gasteiger partial charge >= 0.3 is 5.97 Å². The van der Waals surface area contributed by atoms with E-state index >= 15 is 0 Å². The van der Waals surface area contributed by atoms with Crippen molar-refractivity contribution in [2.75, 3.05) is 53.4 Å². The lowest BCUT2D eigenvalue weighted by Crippen LogP contribution is -2.55. The number of rotatable bonds is 33. The molecule has 13 atom stereocenters. The fourth-order valence-electron chi connectivity index (χ4n) is 11.2. The first-order valence-corrected chi connectivity index (χ1v) is 29.6. The Morgan fingerprint density at radius 2 is 1.61 bits per heavy atom. The number of methoxy groups -OCH3 is 2. The second-order valence-corrected chi connectivity index (χ2v) is 24.1. The molecule has 2 saturated heterocycles.